The van der Waals surface area contributed by atoms with Crippen LogP contribution < -0.4 is 3.32 Å². The number of hydrogen-bond donors (Lipinski definition) is 0. The van der Waals surface area contributed by atoms with Crippen LogP contribution in [-0.2, 0) is 20.8 Å². The zero-order chi connectivity index (χ0) is 6.69. The molecule has 1 aromatic carbocycles. The van der Waals surface area contributed by atoms with E-state index >= 15 is 0 Å². The van der Waals surface area contributed by atoms with Crippen molar-refractivity contribution in [1.29, 1.82) is 0 Å². The van der Waals surface area contributed by atoms with Crippen molar-refractivity contribution < 1.29 is 24.1 Å². The van der Waals surface area contributed by atoms with Crippen molar-refractivity contribution >= 4 is 0 Å². The maximum atomic E-state index is 4.97. The Labute approximate surface area is 66.9 Å². The third-order valence-electron chi connectivity index (χ3n) is 1.14. The van der Waals surface area contributed by atoms with Crippen LogP contribution in [0, 0.1) is 6.92 Å². The molecule has 0 fully saturated rings. The molecule has 1 aromatic rings. The molecule has 0 unspecified atom stereocenters. The molecule has 0 atom stereocenters. The second kappa shape index (κ2) is 3.04. The van der Waals surface area contributed by atoms with Crippen LogP contribution in [0.25, 0.3) is 0 Å². The molecule has 0 amide bonds. The van der Waals surface area contributed by atoms with Crippen LogP contribution >= 0.6 is 0 Å². The molecule has 9 heavy (non-hydrogen) atoms. The van der Waals surface area contributed by atoms with Gasteiger partial charge in [0, 0.05) is 0 Å². The van der Waals surface area contributed by atoms with Gasteiger partial charge in [-0.05, 0) is 0 Å². The average molecular weight is 155 g/mol. The normalized spacial score (nSPS) is 8.89. The summed E-state index contributed by atoms with van der Waals surface area (Å²) in [5.41, 5.74) is 1.26. The van der Waals surface area contributed by atoms with E-state index in [0.29, 0.717) is 0 Å². The Hall–Kier alpha value is -0.266. The Morgan fingerprint density at radius 2 is 1.78 bits per heavy atom. The van der Waals surface area contributed by atoms with Crippen LogP contribution in [0.4, 0.5) is 0 Å². The third-order valence-corrected chi connectivity index (χ3v) is 1.51. The van der Waals surface area contributed by atoms with Gasteiger partial charge in [0.1, 0.15) is 0 Å². The van der Waals surface area contributed by atoms with E-state index in [1.54, 1.807) is 20.8 Å². The van der Waals surface area contributed by atoms with Gasteiger partial charge in [-0.1, -0.05) is 0 Å². The van der Waals surface area contributed by atoms with E-state index in [9.17, 15) is 0 Å². The SMILES string of the molecule is Cc1ccc([O][Ti])cc1. The first-order valence-electron chi connectivity index (χ1n) is 2.73. The van der Waals surface area contributed by atoms with Gasteiger partial charge in [-0.25, -0.2) is 0 Å². The summed E-state index contributed by atoms with van der Waals surface area (Å²) in [6, 6.07) is 7.96. The standard InChI is InChI=1S/C7H8O.Ti/c1-6-2-4-7(8)5-3-6;/h2-5,8H,1H3;/q;+1/p-1. The molecular formula is C7H7OTi. The molecule has 0 aliphatic carbocycles. The Bertz CT molecular complexity index is 181. The van der Waals surface area contributed by atoms with E-state index in [2.05, 4.69) is 6.92 Å². The van der Waals surface area contributed by atoms with E-state index in [4.69, 9.17) is 3.32 Å². The number of hydrogen-bond acceptors (Lipinski definition) is 1. The summed E-state index contributed by atoms with van der Waals surface area (Å²) in [6.07, 6.45) is 0. The molecule has 0 spiro atoms. The Balaban J connectivity index is 2.88. The van der Waals surface area contributed by atoms with Gasteiger partial charge in [0.25, 0.3) is 0 Å². The fourth-order valence-corrected chi connectivity index (χ4v) is 0.819. The summed E-state index contributed by atoms with van der Waals surface area (Å²) < 4.78 is 4.97. The fraction of sp³-hybridized carbons (Fsp3) is 0.143. The van der Waals surface area contributed by atoms with E-state index < -0.39 is 0 Å². The van der Waals surface area contributed by atoms with Crippen molar-refractivity contribution in [2.45, 2.75) is 6.92 Å². The van der Waals surface area contributed by atoms with Crippen molar-refractivity contribution in [2.24, 2.45) is 0 Å². The van der Waals surface area contributed by atoms with Gasteiger partial charge < -0.3 is 0 Å². The summed E-state index contributed by atoms with van der Waals surface area (Å²) in [5.74, 6) is 0.917. The van der Waals surface area contributed by atoms with Gasteiger partial charge in [-0.3, -0.25) is 0 Å². The molecule has 0 radical (unpaired) electrons. The third kappa shape index (κ3) is 1.85. The number of aryl methyl sites for hydroxylation is 1. The number of benzene rings is 1. The first-order valence-corrected chi connectivity index (χ1v) is 3.37. The monoisotopic (exact) mass is 155 g/mol. The van der Waals surface area contributed by atoms with E-state index in [0.717, 1.165) is 5.75 Å². The molecule has 45 valence electrons. The zero-order valence-electron chi connectivity index (χ0n) is 5.22. The number of rotatable bonds is 1. The van der Waals surface area contributed by atoms with Crippen LogP contribution in [0.1, 0.15) is 5.56 Å². The van der Waals surface area contributed by atoms with Gasteiger partial charge >= 0.3 is 66.6 Å². The summed E-state index contributed by atoms with van der Waals surface area (Å²) in [6.45, 7) is 2.06. The van der Waals surface area contributed by atoms with Gasteiger partial charge in [-0.15, -0.1) is 0 Å². The molecule has 0 heterocycles. The molecule has 0 bridgehead atoms. The minimum absolute atomic E-state index is 0.917. The van der Waals surface area contributed by atoms with Crippen molar-refractivity contribution in [3.63, 3.8) is 0 Å². The predicted octanol–water partition coefficient (Wildman–Crippen LogP) is 1.84. The van der Waals surface area contributed by atoms with Gasteiger partial charge in [-0.2, -0.15) is 0 Å². The predicted molar refractivity (Wildman–Crippen MR) is 31.8 cm³/mol. The van der Waals surface area contributed by atoms with Crippen molar-refractivity contribution in [2.75, 3.05) is 0 Å². The maximum absolute atomic E-state index is 4.97. The molecule has 0 aliphatic rings. The Morgan fingerprint density at radius 3 is 2.22 bits per heavy atom. The molecule has 0 aromatic heterocycles. The molecule has 0 aliphatic heterocycles. The molecular weight excluding hydrogens is 148 g/mol. The van der Waals surface area contributed by atoms with Gasteiger partial charge in [0.2, 0.25) is 0 Å². The van der Waals surface area contributed by atoms with Crippen LogP contribution in [0.2, 0.25) is 0 Å². The van der Waals surface area contributed by atoms with Crippen LogP contribution in [0.3, 0.4) is 0 Å². The fourth-order valence-electron chi connectivity index (χ4n) is 0.606. The van der Waals surface area contributed by atoms with E-state index in [-0.39, 0.29) is 0 Å². The minimum atomic E-state index is 0.917. The van der Waals surface area contributed by atoms with E-state index in [1.807, 2.05) is 24.3 Å². The average Bonchev–Trinajstić information content (AvgIpc) is 1.90. The molecule has 0 saturated heterocycles. The van der Waals surface area contributed by atoms with Gasteiger partial charge in [0.15, 0.2) is 0 Å². The Morgan fingerprint density at radius 1 is 1.22 bits per heavy atom. The zero-order valence-corrected chi connectivity index (χ0v) is 6.78. The van der Waals surface area contributed by atoms with E-state index in [1.165, 1.54) is 5.56 Å². The van der Waals surface area contributed by atoms with Gasteiger partial charge in [0.05, 0.1) is 0 Å². The summed E-state index contributed by atoms with van der Waals surface area (Å²) >= 11 is 1.67. The topological polar surface area (TPSA) is 9.23 Å². The molecule has 0 N–H and O–H groups in total. The summed E-state index contributed by atoms with van der Waals surface area (Å²) in [5, 5.41) is 0. The van der Waals surface area contributed by atoms with Crippen molar-refractivity contribution in [3.05, 3.63) is 29.8 Å². The summed E-state index contributed by atoms with van der Waals surface area (Å²) in [7, 11) is 0. The van der Waals surface area contributed by atoms with Crippen molar-refractivity contribution in [1.82, 2.24) is 0 Å². The van der Waals surface area contributed by atoms with Crippen LogP contribution in [-0.4, -0.2) is 0 Å². The second-order valence-corrected chi connectivity index (χ2v) is 2.23. The second-order valence-electron chi connectivity index (χ2n) is 1.92. The summed E-state index contributed by atoms with van der Waals surface area (Å²) in [4.78, 5) is 0. The first kappa shape index (κ1) is 6.85. The molecule has 1 nitrogen and oxygen atoms in total. The quantitative estimate of drug-likeness (QED) is 0.562. The van der Waals surface area contributed by atoms with Crippen molar-refractivity contribution in [3.8, 4) is 5.75 Å². The first-order chi connectivity index (χ1) is 4.33. The molecule has 1 rings (SSSR count). The molecule has 2 heteroatoms. The Kier molecular flexibility index (Phi) is 2.32. The molecule has 0 saturated carbocycles. The van der Waals surface area contributed by atoms with Crippen LogP contribution in [0.5, 0.6) is 5.75 Å². The van der Waals surface area contributed by atoms with Crippen LogP contribution in [0.15, 0.2) is 24.3 Å².